The van der Waals surface area contributed by atoms with Gasteiger partial charge in [0.1, 0.15) is 10.6 Å². The number of nitrogens with zero attached hydrogens (tertiary/aromatic N) is 1. The normalized spacial score (nSPS) is 11.2. The van der Waals surface area contributed by atoms with Crippen molar-refractivity contribution in [3.8, 4) is 5.75 Å². The summed E-state index contributed by atoms with van der Waals surface area (Å²) in [7, 11) is 0. The number of carbonyl (C=O) groups excluding carboxylic acids is 1. The lowest BCUT2D eigenvalue weighted by atomic mass is 10.2. The van der Waals surface area contributed by atoms with Gasteiger partial charge in [-0.2, -0.15) is 5.10 Å². The maximum atomic E-state index is 12.2. The molecule has 3 rings (SSSR count). The second-order valence-corrected chi connectivity index (χ2v) is 6.47. The Kier molecular flexibility index (Phi) is 4.32. The van der Waals surface area contributed by atoms with Crippen molar-refractivity contribution in [3.05, 3.63) is 63.5 Å². The topological polar surface area (TPSA) is 61.7 Å². The number of aryl methyl sites for hydroxylation is 1. The maximum absolute atomic E-state index is 12.2. The molecular formula is C17H13ClN2O2S. The number of nitrogens with one attached hydrogen (secondary N) is 1. The Labute approximate surface area is 142 Å². The molecule has 0 aliphatic carbocycles. The Bertz CT molecular complexity index is 901. The highest BCUT2D eigenvalue weighted by atomic mass is 35.5. The molecule has 2 aromatic carbocycles. The van der Waals surface area contributed by atoms with Crippen LogP contribution in [-0.2, 0) is 0 Å². The molecule has 1 amide bonds. The van der Waals surface area contributed by atoms with Crippen molar-refractivity contribution < 1.29 is 9.90 Å². The van der Waals surface area contributed by atoms with Gasteiger partial charge in [0.2, 0.25) is 0 Å². The van der Waals surface area contributed by atoms with E-state index in [1.165, 1.54) is 17.6 Å². The zero-order chi connectivity index (χ0) is 16.4. The van der Waals surface area contributed by atoms with E-state index in [0.717, 1.165) is 21.2 Å². The van der Waals surface area contributed by atoms with Gasteiger partial charge in [0, 0.05) is 10.1 Å². The van der Waals surface area contributed by atoms with Crippen LogP contribution in [-0.4, -0.2) is 17.2 Å². The number of hydrogen-bond acceptors (Lipinski definition) is 4. The van der Waals surface area contributed by atoms with Crippen molar-refractivity contribution in [3.63, 3.8) is 0 Å². The minimum atomic E-state index is -0.344. The Morgan fingerprint density at radius 1 is 1.26 bits per heavy atom. The van der Waals surface area contributed by atoms with Crippen LogP contribution in [0, 0.1) is 6.92 Å². The van der Waals surface area contributed by atoms with E-state index in [9.17, 15) is 9.90 Å². The molecule has 0 saturated heterocycles. The first-order valence-corrected chi connectivity index (χ1v) is 8.05. The summed E-state index contributed by atoms with van der Waals surface area (Å²) >= 11 is 7.63. The SMILES string of the molecule is Cc1ccc2c(Cl)c(C(=O)NN=Cc3ccc(O)cc3)sc2c1. The van der Waals surface area contributed by atoms with Crippen LogP contribution in [0.2, 0.25) is 5.02 Å². The zero-order valence-corrected chi connectivity index (χ0v) is 13.8. The summed E-state index contributed by atoms with van der Waals surface area (Å²) in [5.74, 6) is -0.164. The average molecular weight is 345 g/mol. The van der Waals surface area contributed by atoms with Crippen molar-refractivity contribution in [2.45, 2.75) is 6.92 Å². The monoisotopic (exact) mass is 344 g/mol. The summed E-state index contributed by atoms with van der Waals surface area (Å²) in [5.41, 5.74) is 4.36. The van der Waals surface area contributed by atoms with Gasteiger partial charge in [-0.15, -0.1) is 11.3 Å². The average Bonchev–Trinajstić information content (AvgIpc) is 2.85. The van der Waals surface area contributed by atoms with Crippen LogP contribution in [0.4, 0.5) is 0 Å². The number of benzene rings is 2. The van der Waals surface area contributed by atoms with Crippen LogP contribution in [0.5, 0.6) is 5.75 Å². The number of hydrogen-bond donors (Lipinski definition) is 2. The number of phenols is 1. The van der Waals surface area contributed by atoms with Crippen molar-refractivity contribution in [1.29, 1.82) is 0 Å². The predicted octanol–water partition coefficient (Wildman–Crippen LogP) is 4.33. The van der Waals surface area contributed by atoms with Gasteiger partial charge in [-0.1, -0.05) is 23.7 Å². The molecule has 0 aliphatic rings. The molecule has 0 spiro atoms. The second-order valence-electron chi connectivity index (χ2n) is 5.04. The van der Waals surface area contributed by atoms with Gasteiger partial charge in [-0.25, -0.2) is 5.43 Å². The molecule has 0 radical (unpaired) electrons. The molecule has 1 aromatic heterocycles. The minimum Gasteiger partial charge on any atom is -0.508 e. The fourth-order valence-corrected chi connectivity index (χ4v) is 3.60. The summed E-state index contributed by atoms with van der Waals surface area (Å²) < 4.78 is 0.975. The molecule has 0 aliphatic heterocycles. The quantitative estimate of drug-likeness (QED) is 0.548. The number of fused-ring (bicyclic) bond motifs is 1. The summed E-state index contributed by atoms with van der Waals surface area (Å²) in [6.45, 7) is 1.99. The fourth-order valence-electron chi connectivity index (χ4n) is 2.10. The van der Waals surface area contributed by atoms with Gasteiger partial charge in [0.15, 0.2) is 0 Å². The molecule has 23 heavy (non-hydrogen) atoms. The Morgan fingerprint density at radius 2 is 2.00 bits per heavy atom. The highest BCUT2D eigenvalue weighted by Gasteiger charge is 2.16. The number of phenolic OH excluding ortho intramolecular Hbond substituents is 1. The lowest BCUT2D eigenvalue weighted by Gasteiger charge is -1.97. The number of thiophene rings is 1. The summed E-state index contributed by atoms with van der Waals surface area (Å²) in [6, 6.07) is 12.4. The van der Waals surface area contributed by atoms with Crippen LogP contribution >= 0.6 is 22.9 Å². The van der Waals surface area contributed by atoms with E-state index in [4.69, 9.17) is 11.6 Å². The van der Waals surface area contributed by atoms with E-state index in [1.807, 2.05) is 25.1 Å². The number of carbonyl (C=O) groups is 1. The van der Waals surface area contributed by atoms with Crippen LogP contribution < -0.4 is 5.43 Å². The molecule has 0 unspecified atom stereocenters. The molecular weight excluding hydrogens is 332 g/mol. The Balaban J connectivity index is 1.78. The van der Waals surface area contributed by atoms with Crippen molar-refractivity contribution in [2.75, 3.05) is 0 Å². The molecule has 0 bridgehead atoms. The highest BCUT2D eigenvalue weighted by Crippen LogP contribution is 2.35. The summed E-state index contributed by atoms with van der Waals surface area (Å²) in [5, 5.41) is 14.4. The molecule has 4 nitrogen and oxygen atoms in total. The van der Waals surface area contributed by atoms with E-state index in [0.29, 0.717) is 9.90 Å². The second kappa shape index (κ2) is 6.40. The van der Waals surface area contributed by atoms with Gasteiger partial charge in [-0.05, 0) is 48.4 Å². The van der Waals surface area contributed by atoms with E-state index in [1.54, 1.807) is 24.3 Å². The van der Waals surface area contributed by atoms with Gasteiger partial charge in [-0.3, -0.25) is 4.79 Å². The van der Waals surface area contributed by atoms with Crippen LogP contribution in [0.15, 0.2) is 47.6 Å². The fraction of sp³-hybridized carbons (Fsp3) is 0.0588. The van der Waals surface area contributed by atoms with Crippen LogP contribution in [0.1, 0.15) is 20.8 Å². The number of aromatic hydroxyl groups is 1. The number of halogens is 1. The van der Waals surface area contributed by atoms with Gasteiger partial charge >= 0.3 is 0 Å². The first-order chi connectivity index (χ1) is 11.0. The van der Waals surface area contributed by atoms with Gasteiger partial charge in [0.25, 0.3) is 5.91 Å². The third-order valence-corrected chi connectivity index (χ3v) is 4.92. The molecule has 1 heterocycles. The largest absolute Gasteiger partial charge is 0.508 e. The predicted molar refractivity (Wildman–Crippen MR) is 94.7 cm³/mol. The minimum absolute atomic E-state index is 0.179. The first-order valence-electron chi connectivity index (χ1n) is 6.85. The smallest absolute Gasteiger partial charge is 0.283 e. The zero-order valence-electron chi connectivity index (χ0n) is 12.2. The molecule has 6 heteroatoms. The van der Waals surface area contributed by atoms with Crippen molar-refractivity contribution in [2.24, 2.45) is 5.10 Å². The highest BCUT2D eigenvalue weighted by molar-refractivity contribution is 7.21. The molecule has 0 saturated carbocycles. The summed E-state index contributed by atoms with van der Waals surface area (Å²) in [4.78, 5) is 12.7. The van der Waals surface area contributed by atoms with E-state index in [2.05, 4.69) is 10.5 Å². The Morgan fingerprint density at radius 3 is 2.74 bits per heavy atom. The van der Waals surface area contributed by atoms with E-state index in [-0.39, 0.29) is 11.7 Å². The lowest BCUT2D eigenvalue weighted by molar-refractivity contribution is 0.0959. The third kappa shape index (κ3) is 3.36. The van der Waals surface area contributed by atoms with Crippen molar-refractivity contribution in [1.82, 2.24) is 5.43 Å². The van der Waals surface area contributed by atoms with Gasteiger partial charge in [0.05, 0.1) is 11.2 Å². The first kappa shape index (κ1) is 15.5. The van der Waals surface area contributed by atoms with Crippen molar-refractivity contribution >= 4 is 45.1 Å². The molecule has 0 atom stereocenters. The van der Waals surface area contributed by atoms with Crippen LogP contribution in [0.25, 0.3) is 10.1 Å². The van der Waals surface area contributed by atoms with Gasteiger partial charge < -0.3 is 5.11 Å². The maximum Gasteiger partial charge on any atom is 0.283 e. The van der Waals surface area contributed by atoms with E-state index < -0.39 is 0 Å². The van der Waals surface area contributed by atoms with E-state index >= 15 is 0 Å². The Hall–Kier alpha value is -2.37. The third-order valence-electron chi connectivity index (χ3n) is 3.26. The van der Waals surface area contributed by atoms with Crippen LogP contribution in [0.3, 0.4) is 0 Å². The standard InChI is InChI=1S/C17H13ClN2O2S/c1-10-2-7-13-14(8-10)23-16(15(13)18)17(22)20-19-9-11-3-5-12(21)6-4-11/h2-9,21H,1H3,(H,20,22). The molecule has 2 N–H and O–H groups in total. The number of amides is 1. The number of hydrazone groups is 1. The summed E-state index contributed by atoms with van der Waals surface area (Å²) in [6.07, 6.45) is 1.50. The molecule has 3 aromatic rings. The lowest BCUT2D eigenvalue weighted by Crippen LogP contribution is -2.16. The number of rotatable bonds is 3. The molecule has 0 fully saturated rings. The molecule has 116 valence electrons.